The molecule has 0 atom stereocenters. The molecular formula is C24H27N3O3S. The number of guanidine groups is 1. The van der Waals surface area contributed by atoms with Crippen LogP contribution in [0, 0.1) is 0 Å². The molecule has 3 aromatic carbocycles. The molecule has 0 saturated carbocycles. The van der Waals surface area contributed by atoms with Gasteiger partial charge >= 0.3 is 0 Å². The molecule has 0 spiro atoms. The van der Waals surface area contributed by atoms with Gasteiger partial charge in [0, 0.05) is 26.4 Å². The molecule has 0 aliphatic carbocycles. The average molecular weight is 438 g/mol. The van der Waals surface area contributed by atoms with E-state index in [1.165, 1.54) is 6.26 Å². The molecule has 0 radical (unpaired) electrons. The van der Waals surface area contributed by atoms with Gasteiger partial charge in [-0.05, 0) is 53.9 Å². The summed E-state index contributed by atoms with van der Waals surface area (Å²) < 4.78 is 29.0. The normalized spacial score (nSPS) is 11.7. The number of rotatable bonds is 8. The first-order chi connectivity index (χ1) is 14.9. The fourth-order valence-electron chi connectivity index (χ4n) is 2.98. The van der Waals surface area contributed by atoms with Crippen LogP contribution in [0.2, 0.25) is 0 Å². The average Bonchev–Trinajstić information content (AvgIpc) is 2.77. The third-order valence-corrected chi connectivity index (χ3v) is 5.75. The number of aliphatic imine (C=N–C) groups is 1. The Morgan fingerprint density at radius 3 is 2.26 bits per heavy atom. The van der Waals surface area contributed by atoms with Crippen LogP contribution in [0.5, 0.6) is 11.5 Å². The minimum atomic E-state index is -3.17. The molecule has 0 amide bonds. The Kier molecular flexibility index (Phi) is 7.67. The maximum absolute atomic E-state index is 11.5. The Labute approximate surface area is 183 Å². The second kappa shape index (κ2) is 10.6. The van der Waals surface area contributed by atoms with Crippen molar-refractivity contribution < 1.29 is 13.2 Å². The van der Waals surface area contributed by atoms with E-state index < -0.39 is 9.84 Å². The van der Waals surface area contributed by atoms with E-state index in [1.54, 1.807) is 19.2 Å². The first kappa shape index (κ1) is 22.4. The Morgan fingerprint density at radius 2 is 1.58 bits per heavy atom. The second-order valence-corrected chi connectivity index (χ2v) is 9.10. The lowest BCUT2D eigenvalue weighted by Gasteiger charge is -2.13. The van der Waals surface area contributed by atoms with Gasteiger partial charge in [0.25, 0.3) is 0 Å². The largest absolute Gasteiger partial charge is 0.457 e. The minimum absolute atomic E-state index is 0.333. The molecule has 0 bridgehead atoms. The van der Waals surface area contributed by atoms with Gasteiger partial charge in [-0.25, -0.2) is 8.42 Å². The molecule has 162 valence electrons. The van der Waals surface area contributed by atoms with Crippen LogP contribution in [0.15, 0.2) is 88.8 Å². The Hall–Kier alpha value is -3.32. The minimum Gasteiger partial charge on any atom is -0.457 e. The standard InChI is InChI=1S/C24H27N3O3S/c1-25-24(26-16-15-19-11-13-23(14-12-19)31(2,28)29)27-18-20-7-6-10-22(17-20)30-21-8-4-3-5-9-21/h3-14,17H,15-16,18H2,1-2H3,(H2,25,26,27). The predicted octanol–water partition coefficient (Wildman–Crippen LogP) is 3.79. The molecule has 6 nitrogen and oxygen atoms in total. The maximum Gasteiger partial charge on any atom is 0.191 e. The van der Waals surface area contributed by atoms with Gasteiger partial charge in [0.05, 0.1) is 4.90 Å². The highest BCUT2D eigenvalue weighted by Crippen LogP contribution is 2.21. The van der Waals surface area contributed by atoms with Gasteiger partial charge in [-0.2, -0.15) is 0 Å². The number of hydrogen-bond donors (Lipinski definition) is 2. The summed E-state index contributed by atoms with van der Waals surface area (Å²) in [7, 11) is -1.44. The van der Waals surface area contributed by atoms with Crippen LogP contribution in [-0.2, 0) is 22.8 Å². The smallest absolute Gasteiger partial charge is 0.191 e. The van der Waals surface area contributed by atoms with Crippen molar-refractivity contribution in [3.8, 4) is 11.5 Å². The zero-order chi connectivity index (χ0) is 22.1. The summed E-state index contributed by atoms with van der Waals surface area (Å²) in [6.45, 7) is 1.28. The summed E-state index contributed by atoms with van der Waals surface area (Å²) in [4.78, 5) is 4.59. The Balaban J connectivity index is 1.48. The molecule has 2 N–H and O–H groups in total. The van der Waals surface area contributed by atoms with Gasteiger partial charge in [-0.3, -0.25) is 4.99 Å². The van der Waals surface area contributed by atoms with E-state index in [-0.39, 0.29) is 0 Å². The van der Waals surface area contributed by atoms with Crippen molar-refractivity contribution in [1.82, 2.24) is 10.6 Å². The molecule has 0 heterocycles. The number of sulfone groups is 1. The molecule has 7 heteroatoms. The van der Waals surface area contributed by atoms with Crippen molar-refractivity contribution >= 4 is 15.8 Å². The number of ether oxygens (including phenoxy) is 1. The van der Waals surface area contributed by atoms with Crippen molar-refractivity contribution in [1.29, 1.82) is 0 Å². The van der Waals surface area contributed by atoms with Gasteiger partial charge in [0.2, 0.25) is 0 Å². The van der Waals surface area contributed by atoms with E-state index in [0.717, 1.165) is 29.0 Å². The highest BCUT2D eigenvalue weighted by Gasteiger charge is 2.06. The summed E-state index contributed by atoms with van der Waals surface area (Å²) in [5.74, 6) is 2.28. The number of nitrogens with one attached hydrogen (secondary N) is 2. The second-order valence-electron chi connectivity index (χ2n) is 7.08. The molecule has 3 rings (SSSR count). The van der Waals surface area contributed by atoms with Crippen molar-refractivity contribution in [2.45, 2.75) is 17.9 Å². The molecule has 31 heavy (non-hydrogen) atoms. The molecule has 0 aromatic heterocycles. The predicted molar refractivity (Wildman–Crippen MR) is 124 cm³/mol. The third-order valence-electron chi connectivity index (χ3n) is 4.62. The zero-order valence-corrected chi connectivity index (χ0v) is 18.5. The monoisotopic (exact) mass is 437 g/mol. The fraction of sp³-hybridized carbons (Fsp3) is 0.208. The maximum atomic E-state index is 11.5. The van der Waals surface area contributed by atoms with Crippen molar-refractivity contribution in [3.63, 3.8) is 0 Å². The number of hydrogen-bond acceptors (Lipinski definition) is 4. The van der Waals surface area contributed by atoms with Crippen LogP contribution in [-0.4, -0.2) is 34.2 Å². The van der Waals surface area contributed by atoms with Crippen LogP contribution in [0.4, 0.5) is 0 Å². The van der Waals surface area contributed by atoms with Crippen LogP contribution >= 0.6 is 0 Å². The topological polar surface area (TPSA) is 79.8 Å². The van der Waals surface area contributed by atoms with Gasteiger partial charge in [0.15, 0.2) is 15.8 Å². The molecule has 0 unspecified atom stereocenters. The van der Waals surface area contributed by atoms with E-state index in [4.69, 9.17) is 4.74 Å². The number of benzene rings is 3. The summed E-state index contributed by atoms with van der Waals surface area (Å²) in [5.41, 5.74) is 2.13. The summed E-state index contributed by atoms with van der Waals surface area (Å²) >= 11 is 0. The Morgan fingerprint density at radius 1 is 0.871 bits per heavy atom. The quantitative estimate of drug-likeness (QED) is 0.414. The van der Waals surface area contributed by atoms with Crippen molar-refractivity contribution in [3.05, 3.63) is 90.0 Å². The first-order valence-electron chi connectivity index (χ1n) is 9.99. The van der Waals surface area contributed by atoms with E-state index in [9.17, 15) is 8.42 Å². The van der Waals surface area contributed by atoms with Crippen LogP contribution in [0.1, 0.15) is 11.1 Å². The van der Waals surface area contributed by atoms with Gasteiger partial charge in [0.1, 0.15) is 11.5 Å². The molecule has 0 aliphatic rings. The lowest BCUT2D eigenvalue weighted by Crippen LogP contribution is -2.37. The zero-order valence-electron chi connectivity index (χ0n) is 17.7. The SMILES string of the molecule is CN=C(NCCc1ccc(S(C)(=O)=O)cc1)NCc1cccc(Oc2ccccc2)c1. The van der Waals surface area contributed by atoms with E-state index in [2.05, 4.69) is 15.6 Å². The van der Waals surface area contributed by atoms with Gasteiger partial charge in [-0.1, -0.05) is 42.5 Å². The summed E-state index contributed by atoms with van der Waals surface area (Å²) in [5, 5.41) is 6.57. The lowest BCUT2D eigenvalue weighted by atomic mass is 10.1. The van der Waals surface area contributed by atoms with Gasteiger partial charge in [-0.15, -0.1) is 0 Å². The molecule has 0 saturated heterocycles. The first-order valence-corrected chi connectivity index (χ1v) is 11.9. The molecule has 0 aliphatic heterocycles. The van der Waals surface area contributed by atoms with Crippen molar-refractivity contribution in [2.24, 2.45) is 4.99 Å². The number of nitrogens with zero attached hydrogens (tertiary/aromatic N) is 1. The lowest BCUT2D eigenvalue weighted by molar-refractivity contribution is 0.482. The van der Waals surface area contributed by atoms with Crippen molar-refractivity contribution in [2.75, 3.05) is 19.8 Å². The highest BCUT2D eigenvalue weighted by molar-refractivity contribution is 7.90. The highest BCUT2D eigenvalue weighted by atomic mass is 32.2. The van der Waals surface area contributed by atoms with E-state index in [1.807, 2.05) is 66.7 Å². The molecule has 0 fully saturated rings. The van der Waals surface area contributed by atoms with E-state index in [0.29, 0.717) is 23.9 Å². The molecular weight excluding hydrogens is 410 g/mol. The van der Waals surface area contributed by atoms with E-state index >= 15 is 0 Å². The summed E-state index contributed by atoms with van der Waals surface area (Å²) in [6.07, 6.45) is 1.97. The van der Waals surface area contributed by atoms with Crippen LogP contribution in [0.25, 0.3) is 0 Å². The summed E-state index contributed by atoms with van der Waals surface area (Å²) in [6, 6.07) is 24.6. The Bertz CT molecular complexity index is 1110. The van der Waals surface area contributed by atoms with Crippen LogP contribution in [0.3, 0.4) is 0 Å². The third kappa shape index (κ3) is 7.15. The van der Waals surface area contributed by atoms with Gasteiger partial charge < -0.3 is 15.4 Å². The molecule has 3 aromatic rings. The fourth-order valence-corrected chi connectivity index (χ4v) is 3.61. The number of para-hydroxylation sites is 1. The van der Waals surface area contributed by atoms with Crippen LogP contribution < -0.4 is 15.4 Å².